The van der Waals surface area contributed by atoms with Crippen LogP contribution in [-0.4, -0.2) is 42.0 Å². The summed E-state index contributed by atoms with van der Waals surface area (Å²) in [7, 11) is 0. The highest BCUT2D eigenvalue weighted by atomic mass is 32.1. The predicted molar refractivity (Wildman–Crippen MR) is 111 cm³/mol. The Labute approximate surface area is 168 Å². The zero-order chi connectivity index (χ0) is 19.2. The van der Waals surface area contributed by atoms with E-state index in [2.05, 4.69) is 22.1 Å². The molecule has 3 aromatic rings. The molecule has 1 aromatic carbocycles. The van der Waals surface area contributed by atoms with Crippen LogP contribution >= 0.6 is 11.3 Å². The number of carbonyl (C=O) groups excluding carboxylic acids is 1. The van der Waals surface area contributed by atoms with E-state index in [4.69, 9.17) is 4.42 Å². The first kappa shape index (κ1) is 18.4. The van der Waals surface area contributed by atoms with Crippen molar-refractivity contribution in [3.8, 4) is 11.8 Å². The number of benzene rings is 1. The van der Waals surface area contributed by atoms with Crippen LogP contribution in [0.4, 0.5) is 10.5 Å². The average molecular weight is 391 g/mol. The number of hydrogen-bond acceptors (Lipinski definition) is 4. The van der Waals surface area contributed by atoms with Crippen molar-refractivity contribution >= 4 is 23.1 Å². The summed E-state index contributed by atoms with van der Waals surface area (Å²) in [5.74, 6) is 7.24. The second-order valence-electron chi connectivity index (χ2n) is 6.58. The highest BCUT2D eigenvalue weighted by molar-refractivity contribution is 7.10. The third kappa shape index (κ3) is 4.83. The standard InChI is InChI=1S/C22H21N3O2S/c26-22(25-12-10-24(11-13-25)17-20-6-2-14-27-20)23-19-5-1-4-18(16-19)8-9-21-7-3-15-28-21/h1-7,14-16H,10-13,17H2,(H,23,26). The Morgan fingerprint density at radius 2 is 1.96 bits per heavy atom. The van der Waals surface area contributed by atoms with E-state index >= 15 is 0 Å². The van der Waals surface area contributed by atoms with Crippen molar-refractivity contribution in [2.75, 3.05) is 31.5 Å². The van der Waals surface area contributed by atoms with Crippen molar-refractivity contribution in [2.24, 2.45) is 0 Å². The van der Waals surface area contributed by atoms with E-state index in [-0.39, 0.29) is 6.03 Å². The molecule has 2 amide bonds. The summed E-state index contributed by atoms with van der Waals surface area (Å²) >= 11 is 1.62. The van der Waals surface area contributed by atoms with E-state index in [1.54, 1.807) is 17.6 Å². The Balaban J connectivity index is 1.31. The molecule has 0 radical (unpaired) electrons. The first-order valence-electron chi connectivity index (χ1n) is 9.22. The Hall–Kier alpha value is -3.01. The van der Waals surface area contributed by atoms with Crippen molar-refractivity contribution < 1.29 is 9.21 Å². The number of furan rings is 1. The molecule has 1 fully saturated rings. The van der Waals surface area contributed by atoms with Crippen molar-refractivity contribution in [3.05, 3.63) is 76.4 Å². The zero-order valence-electron chi connectivity index (χ0n) is 15.4. The van der Waals surface area contributed by atoms with Crippen molar-refractivity contribution in [1.82, 2.24) is 9.80 Å². The minimum absolute atomic E-state index is 0.0685. The fourth-order valence-electron chi connectivity index (χ4n) is 3.09. The lowest BCUT2D eigenvalue weighted by Gasteiger charge is -2.34. The molecule has 1 aliphatic heterocycles. The topological polar surface area (TPSA) is 48.7 Å². The molecule has 5 nitrogen and oxygen atoms in total. The number of nitrogens with one attached hydrogen (secondary N) is 1. The molecule has 2 aromatic heterocycles. The van der Waals surface area contributed by atoms with Gasteiger partial charge in [0.2, 0.25) is 0 Å². The van der Waals surface area contributed by atoms with Gasteiger partial charge in [0.25, 0.3) is 0 Å². The predicted octanol–water partition coefficient (Wildman–Crippen LogP) is 4.09. The minimum Gasteiger partial charge on any atom is -0.468 e. The number of urea groups is 1. The number of thiophene rings is 1. The van der Waals surface area contributed by atoms with E-state index in [1.165, 1.54) is 0 Å². The van der Waals surface area contributed by atoms with Crippen molar-refractivity contribution in [3.63, 3.8) is 0 Å². The molecule has 1 aliphatic rings. The number of carbonyl (C=O) groups is 1. The van der Waals surface area contributed by atoms with Crippen LogP contribution in [0.3, 0.4) is 0 Å². The van der Waals surface area contributed by atoms with Crippen LogP contribution in [0.1, 0.15) is 16.2 Å². The number of anilines is 1. The molecule has 3 heterocycles. The van der Waals surface area contributed by atoms with E-state index < -0.39 is 0 Å². The third-order valence-corrected chi connectivity index (χ3v) is 5.37. The van der Waals surface area contributed by atoms with E-state index in [0.717, 1.165) is 41.5 Å². The zero-order valence-corrected chi connectivity index (χ0v) is 16.2. The van der Waals surface area contributed by atoms with Crippen LogP contribution in [0.5, 0.6) is 0 Å². The largest absolute Gasteiger partial charge is 0.468 e. The third-order valence-electron chi connectivity index (χ3n) is 4.58. The quantitative estimate of drug-likeness (QED) is 0.684. The summed E-state index contributed by atoms with van der Waals surface area (Å²) in [6.45, 7) is 3.85. The van der Waals surface area contributed by atoms with Gasteiger partial charge in [-0.15, -0.1) is 11.3 Å². The maximum Gasteiger partial charge on any atom is 0.321 e. The van der Waals surface area contributed by atoms with Gasteiger partial charge in [-0.05, 0) is 41.8 Å². The van der Waals surface area contributed by atoms with Gasteiger partial charge in [-0.2, -0.15) is 0 Å². The second-order valence-corrected chi connectivity index (χ2v) is 7.53. The Morgan fingerprint density at radius 1 is 1.07 bits per heavy atom. The van der Waals surface area contributed by atoms with Crippen LogP contribution in [0.25, 0.3) is 0 Å². The first-order valence-corrected chi connectivity index (χ1v) is 10.1. The molecule has 0 spiro atoms. The van der Waals surface area contributed by atoms with Gasteiger partial charge in [0.1, 0.15) is 5.76 Å². The smallest absolute Gasteiger partial charge is 0.321 e. The molecule has 6 heteroatoms. The maximum atomic E-state index is 12.6. The van der Waals surface area contributed by atoms with Gasteiger partial charge in [-0.1, -0.05) is 24.0 Å². The van der Waals surface area contributed by atoms with Gasteiger partial charge in [0.15, 0.2) is 0 Å². The first-order chi connectivity index (χ1) is 13.8. The van der Waals surface area contributed by atoms with Crippen LogP contribution in [0, 0.1) is 11.8 Å². The summed E-state index contributed by atoms with van der Waals surface area (Å²) in [5.41, 5.74) is 1.65. The van der Waals surface area contributed by atoms with Gasteiger partial charge in [-0.25, -0.2) is 4.79 Å². The van der Waals surface area contributed by atoms with E-state index in [0.29, 0.717) is 13.1 Å². The number of rotatable bonds is 3. The lowest BCUT2D eigenvalue weighted by molar-refractivity contribution is 0.137. The fourth-order valence-corrected chi connectivity index (χ4v) is 3.66. The van der Waals surface area contributed by atoms with Gasteiger partial charge < -0.3 is 14.6 Å². The van der Waals surface area contributed by atoms with Gasteiger partial charge >= 0.3 is 6.03 Å². The summed E-state index contributed by atoms with van der Waals surface area (Å²) < 4.78 is 5.40. The molecule has 1 saturated heterocycles. The number of piperazine rings is 1. The molecule has 4 rings (SSSR count). The summed E-state index contributed by atoms with van der Waals surface area (Å²) in [6, 6.07) is 15.5. The van der Waals surface area contributed by atoms with Crippen LogP contribution < -0.4 is 5.32 Å². The lowest BCUT2D eigenvalue weighted by Crippen LogP contribution is -2.49. The normalized spacial score (nSPS) is 14.4. The van der Waals surface area contributed by atoms with Gasteiger partial charge in [0, 0.05) is 37.4 Å². The molecule has 0 saturated carbocycles. The Morgan fingerprint density at radius 3 is 2.71 bits per heavy atom. The molecule has 0 atom stereocenters. The SMILES string of the molecule is O=C(Nc1cccc(C#Cc2cccs2)c1)N1CCN(Cc2ccco2)CC1. The highest BCUT2D eigenvalue weighted by Crippen LogP contribution is 2.14. The van der Waals surface area contributed by atoms with E-state index in [1.807, 2.05) is 58.8 Å². The van der Waals surface area contributed by atoms with Crippen LogP contribution in [-0.2, 0) is 6.54 Å². The monoisotopic (exact) mass is 391 g/mol. The Bertz CT molecular complexity index is 963. The average Bonchev–Trinajstić information content (AvgIpc) is 3.41. The maximum absolute atomic E-state index is 12.6. The van der Waals surface area contributed by atoms with Gasteiger partial charge in [0.05, 0.1) is 17.7 Å². The number of nitrogens with zero attached hydrogens (tertiary/aromatic N) is 2. The minimum atomic E-state index is -0.0685. The second kappa shape index (κ2) is 8.79. The molecule has 0 aliphatic carbocycles. The van der Waals surface area contributed by atoms with Crippen molar-refractivity contribution in [1.29, 1.82) is 0 Å². The van der Waals surface area contributed by atoms with Crippen molar-refractivity contribution in [2.45, 2.75) is 6.54 Å². The van der Waals surface area contributed by atoms with Gasteiger partial charge in [-0.3, -0.25) is 4.90 Å². The molecule has 0 unspecified atom stereocenters. The number of hydrogen-bond donors (Lipinski definition) is 1. The number of amides is 2. The lowest BCUT2D eigenvalue weighted by atomic mass is 10.2. The van der Waals surface area contributed by atoms with E-state index in [9.17, 15) is 4.79 Å². The molecular weight excluding hydrogens is 370 g/mol. The summed E-state index contributed by atoms with van der Waals surface area (Å²) in [5, 5.41) is 5.00. The Kier molecular flexibility index (Phi) is 5.76. The molecule has 28 heavy (non-hydrogen) atoms. The molecule has 0 bridgehead atoms. The molecule has 1 N–H and O–H groups in total. The molecular formula is C22H21N3O2S. The summed E-state index contributed by atoms with van der Waals surface area (Å²) in [6.07, 6.45) is 1.69. The van der Waals surface area contributed by atoms with Crippen LogP contribution in [0.15, 0.2) is 64.6 Å². The fraction of sp³-hybridized carbons (Fsp3) is 0.227. The highest BCUT2D eigenvalue weighted by Gasteiger charge is 2.21. The summed E-state index contributed by atoms with van der Waals surface area (Å²) in [4.78, 5) is 17.8. The van der Waals surface area contributed by atoms with Crippen LogP contribution in [0.2, 0.25) is 0 Å². The molecule has 142 valence electrons.